The van der Waals surface area contributed by atoms with Gasteiger partial charge in [-0.15, -0.1) is 24.0 Å². The average Bonchev–Trinajstić information content (AvgIpc) is 3.09. The van der Waals surface area contributed by atoms with Crippen molar-refractivity contribution < 1.29 is 0 Å². The Kier molecular flexibility index (Phi) is 8.72. The Labute approximate surface area is 145 Å². The summed E-state index contributed by atoms with van der Waals surface area (Å²) >= 11 is 0. The number of guanidine groups is 1. The lowest BCUT2D eigenvalue weighted by Crippen LogP contribution is -2.42. The van der Waals surface area contributed by atoms with Gasteiger partial charge in [0, 0.05) is 38.1 Å². The van der Waals surface area contributed by atoms with Gasteiger partial charge in [-0.25, -0.2) is 0 Å². The first-order valence-corrected chi connectivity index (χ1v) is 7.80. The second kappa shape index (κ2) is 10.0. The van der Waals surface area contributed by atoms with E-state index >= 15 is 0 Å². The maximum Gasteiger partial charge on any atom is 0.191 e. The molecule has 0 aliphatic heterocycles. The smallest absolute Gasteiger partial charge is 0.191 e. The monoisotopic (exact) mass is 405 g/mol. The van der Waals surface area contributed by atoms with Crippen molar-refractivity contribution in [1.29, 1.82) is 0 Å². The van der Waals surface area contributed by atoms with E-state index in [0.717, 1.165) is 25.6 Å². The molecule has 120 valence electrons. The molecule has 0 spiro atoms. The van der Waals surface area contributed by atoms with E-state index in [0.29, 0.717) is 12.0 Å². The molecule has 1 aromatic heterocycles. The van der Waals surface area contributed by atoms with Crippen molar-refractivity contribution >= 4 is 29.9 Å². The molecular weight excluding hydrogens is 377 g/mol. The standard InChI is InChI=1S/C15H27N5.HI/c1-3-16-15(19-14-7-4-5-8-14)17-11-13(2)12-20-10-6-9-18-20;/h6,9-10,13-14H,3-5,7-8,11-12H2,1-2H3,(H2,16,17,19);1H. The van der Waals surface area contributed by atoms with Crippen LogP contribution in [0.1, 0.15) is 39.5 Å². The third-order valence-electron chi connectivity index (χ3n) is 3.66. The predicted octanol–water partition coefficient (Wildman–Crippen LogP) is 2.63. The molecule has 1 heterocycles. The molecule has 6 heteroatoms. The SMILES string of the molecule is CCNC(=NCC(C)Cn1cccn1)NC1CCCC1.I. The van der Waals surface area contributed by atoms with Crippen molar-refractivity contribution in [2.24, 2.45) is 10.9 Å². The first-order chi connectivity index (χ1) is 9.78. The van der Waals surface area contributed by atoms with Crippen molar-refractivity contribution in [2.75, 3.05) is 13.1 Å². The van der Waals surface area contributed by atoms with Gasteiger partial charge in [0.05, 0.1) is 0 Å². The van der Waals surface area contributed by atoms with Crippen LogP contribution in [0.25, 0.3) is 0 Å². The molecule has 1 aromatic rings. The van der Waals surface area contributed by atoms with E-state index in [-0.39, 0.29) is 24.0 Å². The Morgan fingerprint density at radius 2 is 2.19 bits per heavy atom. The van der Waals surface area contributed by atoms with E-state index in [2.05, 4.69) is 29.6 Å². The fourth-order valence-corrected chi connectivity index (χ4v) is 2.62. The van der Waals surface area contributed by atoms with Crippen LogP contribution < -0.4 is 10.6 Å². The highest BCUT2D eigenvalue weighted by atomic mass is 127. The van der Waals surface area contributed by atoms with E-state index in [1.165, 1.54) is 25.7 Å². The molecule has 1 atom stereocenters. The van der Waals surface area contributed by atoms with Gasteiger partial charge in [0.25, 0.3) is 0 Å². The highest BCUT2D eigenvalue weighted by molar-refractivity contribution is 14.0. The molecule has 1 aliphatic carbocycles. The van der Waals surface area contributed by atoms with Gasteiger partial charge < -0.3 is 10.6 Å². The molecule has 0 aromatic carbocycles. The van der Waals surface area contributed by atoms with Gasteiger partial charge >= 0.3 is 0 Å². The first kappa shape index (κ1) is 18.3. The fraction of sp³-hybridized carbons (Fsp3) is 0.733. The van der Waals surface area contributed by atoms with Gasteiger partial charge in [0.1, 0.15) is 0 Å². The Bertz CT molecular complexity index is 398. The summed E-state index contributed by atoms with van der Waals surface area (Å²) in [6.45, 7) is 6.97. The largest absolute Gasteiger partial charge is 0.357 e. The minimum atomic E-state index is 0. The Morgan fingerprint density at radius 3 is 2.81 bits per heavy atom. The fourth-order valence-electron chi connectivity index (χ4n) is 2.62. The molecule has 0 radical (unpaired) electrons. The van der Waals surface area contributed by atoms with Gasteiger partial charge in [0.2, 0.25) is 0 Å². The second-order valence-corrected chi connectivity index (χ2v) is 5.68. The summed E-state index contributed by atoms with van der Waals surface area (Å²) in [6, 6.07) is 2.57. The number of hydrogen-bond donors (Lipinski definition) is 2. The molecule has 1 saturated carbocycles. The Balaban J connectivity index is 0.00000220. The van der Waals surface area contributed by atoms with Crippen molar-refractivity contribution in [2.45, 2.75) is 52.1 Å². The van der Waals surface area contributed by atoms with Gasteiger partial charge in [-0.05, 0) is 31.7 Å². The number of hydrogen-bond acceptors (Lipinski definition) is 2. The summed E-state index contributed by atoms with van der Waals surface area (Å²) in [5.74, 6) is 1.45. The average molecular weight is 405 g/mol. The molecule has 2 N–H and O–H groups in total. The number of rotatable bonds is 6. The predicted molar refractivity (Wildman–Crippen MR) is 98.2 cm³/mol. The summed E-state index contributed by atoms with van der Waals surface area (Å²) in [4.78, 5) is 4.71. The zero-order chi connectivity index (χ0) is 14.2. The number of nitrogens with zero attached hydrogens (tertiary/aromatic N) is 3. The van der Waals surface area contributed by atoms with Gasteiger partial charge in [-0.1, -0.05) is 19.8 Å². The van der Waals surface area contributed by atoms with E-state index < -0.39 is 0 Å². The topological polar surface area (TPSA) is 54.2 Å². The molecule has 0 saturated heterocycles. The molecule has 0 amide bonds. The van der Waals surface area contributed by atoms with Crippen LogP contribution >= 0.6 is 24.0 Å². The van der Waals surface area contributed by atoms with Gasteiger partial charge in [-0.3, -0.25) is 9.67 Å². The maximum absolute atomic E-state index is 4.71. The van der Waals surface area contributed by atoms with Crippen LogP contribution in [0.4, 0.5) is 0 Å². The van der Waals surface area contributed by atoms with Gasteiger partial charge in [0.15, 0.2) is 5.96 Å². The zero-order valence-electron chi connectivity index (χ0n) is 13.1. The van der Waals surface area contributed by atoms with E-state index in [9.17, 15) is 0 Å². The van der Waals surface area contributed by atoms with Crippen molar-refractivity contribution in [1.82, 2.24) is 20.4 Å². The van der Waals surface area contributed by atoms with E-state index in [1.54, 1.807) is 0 Å². The quantitative estimate of drug-likeness (QED) is 0.435. The molecule has 5 nitrogen and oxygen atoms in total. The third-order valence-corrected chi connectivity index (χ3v) is 3.66. The van der Waals surface area contributed by atoms with Crippen LogP contribution in [-0.2, 0) is 6.54 Å². The minimum absolute atomic E-state index is 0. The van der Waals surface area contributed by atoms with Gasteiger partial charge in [-0.2, -0.15) is 5.10 Å². The summed E-state index contributed by atoms with van der Waals surface area (Å²) in [5, 5.41) is 11.1. The maximum atomic E-state index is 4.71. The minimum Gasteiger partial charge on any atom is -0.357 e. The lowest BCUT2D eigenvalue weighted by atomic mass is 10.2. The van der Waals surface area contributed by atoms with Crippen molar-refractivity contribution in [3.63, 3.8) is 0 Å². The molecule has 1 unspecified atom stereocenters. The summed E-state index contributed by atoms with van der Waals surface area (Å²) < 4.78 is 1.97. The Morgan fingerprint density at radius 1 is 1.43 bits per heavy atom. The molecule has 1 fully saturated rings. The summed E-state index contributed by atoms with van der Waals surface area (Å²) in [7, 11) is 0. The lowest BCUT2D eigenvalue weighted by Gasteiger charge is -2.17. The highest BCUT2D eigenvalue weighted by Crippen LogP contribution is 2.17. The molecule has 2 rings (SSSR count). The molecular formula is C15H28IN5. The zero-order valence-corrected chi connectivity index (χ0v) is 15.4. The van der Waals surface area contributed by atoms with Crippen LogP contribution in [0.5, 0.6) is 0 Å². The van der Waals surface area contributed by atoms with Crippen molar-refractivity contribution in [3.8, 4) is 0 Å². The van der Waals surface area contributed by atoms with E-state index in [4.69, 9.17) is 4.99 Å². The summed E-state index contributed by atoms with van der Waals surface area (Å²) in [6.07, 6.45) is 9.05. The van der Waals surface area contributed by atoms with E-state index in [1.807, 2.05) is 23.1 Å². The van der Waals surface area contributed by atoms with Crippen LogP contribution in [0, 0.1) is 5.92 Å². The number of nitrogens with one attached hydrogen (secondary N) is 2. The van der Waals surface area contributed by atoms with Crippen LogP contribution in [0.3, 0.4) is 0 Å². The number of halogens is 1. The first-order valence-electron chi connectivity index (χ1n) is 7.80. The van der Waals surface area contributed by atoms with Crippen molar-refractivity contribution in [3.05, 3.63) is 18.5 Å². The third kappa shape index (κ3) is 6.67. The second-order valence-electron chi connectivity index (χ2n) is 5.68. The molecule has 0 bridgehead atoms. The van der Waals surface area contributed by atoms with Crippen LogP contribution in [-0.4, -0.2) is 34.9 Å². The number of aromatic nitrogens is 2. The number of aliphatic imine (C=N–C) groups is 1. The molecule has 1 aliphatic rings. The van der Waals surface area contributed by atoms with Crippen LogP contribution in [0.2, 0.25) is 0 Å². The summed E-state index contributed by atoms with van der Waals surface area (Å²) in [5.41, 5.74) is 0. The lowest BCUT2D eigenvalue weighted by molar-refractivity contribution is 0.457. The molecule has 21 heavy (non-hydrogen) atoms. The Hall–Kier alpha value is -0.790. The van der Waals surface area contributed by atoms with Crippen LogP contribution in [0.15, 0.2) is 23.5 Å². The highest BCUT2D eigenvalue weighted by Gasteiger charge is 2.15. The normalized spacial score (nSPS) is 17.3.